The highest BCUT2D eigenvalue weighted by molar-refractivity contribution is 5.92. The number of nitrogens with zero attached hydrogens (tertiary/aromatic N) is 2. The Bertz CT molecular complexity index is 606. The predicted molar refractivity (Wildman–Crippen MR) is 80.1 cm³/mol. The maximum Gasteiger partial charge on any atom is 0.272 e. The molecular formula is C17H18N2O2. The molecule has 4 nitrogen and oxygen atoms in total. The number of ether oxygens (including phenoxy) is 1. The lowest BCUT2D eigenvalue weighted by molar-refractivity contribution is 0.0724. The van der Waals surface area contributed by atoms with Crippen LogP contribution >= 0.6 is 0 Å². The van der Waals surface area contributed by atoms with Gasteiger partial charge in [0.25, 0.3) is 5.91 Å². The van der Waals surface area contributed by atoms with Gasteiger partial charge in [0.05, 0.1) is 7.11 Å². The molecule has 0 spiro atoms. The highest BCUT2D eigenvalue weighted by atomic mass is 16.5. The zero-order valence-electron chi connectivity index (χ0n) is 12.0. The summed E-state index contributed by atoms with van der Waals surface area (Å²) in [7, 11) is 1.65. The van der Waals surface area contributed by atoms with Gasteiger partial charge in [-0.25, -0.2) is 0 Å². The molecule has 1 fully saturated rings. The molecule has 1 aromatic heterocycles. The van der Waals surface area contributed by atoms with Crippen LogP contribution in [0.25, 0.3) is 0 Å². The highest BCUT2D eigenvalue weighted by Crippen LogP contribution is 2.29. The molecule has 0 saturated heterocycles. The molecule has 1 saturated carbocycles. The van der Waals surface area contributed by atoms with Gasteiger partial charge >= 0.3 is 0 Å². The summed E-state index contributed by atoms with van der Waals surface area (Å²) >= 11 is 0. The number of amides is 1. The molecule has 21 heavy (non-hydrogen) atoms. The standard InChI is InChI=1S/C17H18N2O2/c1-21-15-9-5-13(6-10-15)12-19(14-7-8-14)17(20)16-4-2-3-11-18-16/h2-6,9-11,14H,7-8,12H2,1H3. The molecule has 1 aliphatic carbocycles. The van der Waals surface area contributed by atoms with Crippen molar-refractivity contribution in [3.63, 3.8) is 0 Å². The van der Waals surface area contributed by atoms with Gasteiger partial charge in [-0.2, -0.15) is 0 Å². The van der Waals surface area contributed by atoms with Crippen molar-refractivity contribution >= 4 is 5.91 Å². The maximum absolute atomic E-state index is 12.6. The van der Waals surface area contributed by atoms with Crippen molar-refractivity contribution in [2.45, 2.75) is 25.4 Å². The fourth-order valence-electron chi connectivity index (χ4n) is 2.32. The normalized spacial score (nSPS) is 13.8. The lowest BCUT2D eigenvalue weighted by Crippen LogP contribution is -2.33. The second kappa shape index (κ2) is 5.95. The number of rotatable bonds is 5. The van der Waals surface area contributed by atoms with E-state index in [1.54, 1.807) is 19.4 Å². The molecule has 0 atom stereocenters. The summed E-state index contributed by atoms with van der Waals surface area (Å²) in [4.78, 5) is 18.7. The first-order valence-electron chi connectivity index (χ1n) is 7.13. The van der Waals surface area contributed by atoms with Gasteiger partial charge in [-0.1, -0.05) is 18.2 Å². The summed E-state index contributed by atoms with van der Waals surface area (Å²) in [6.07, 6.45) is 3.81. The minimum atomic E-state index is 0.00826. The van der Waals surface area contributed by atoms with Gasteiger partial charge in [0, 0.05) is 18.8 Å². The largest absolute Gasteiger partial charge is 0.497 e. The first-order valence-corrected chi connectivity index (χ1v) is 7.13. The molecule has 3 rings (SSSR count). The van der Waals surface area contributed by atoms with Crippen LogP contribution in [0, 0.1) is 0 Å². The van der Waals surface area contributed by atoms with E-state index in [1.165, 1.54) is 0 Å². The Morgan fingerprint density at radius 2 is 2.00 bits per heavy atom. The number of aromatic nitrogens is 1. The van der Waals surface area contributed by atoms with Crippen molar-refractivity contribution in [2.75, 3.05) is 7.11 Å². The van der Waals surface area contributed by atoms with E-state index in [0.29, 0.717) is 18.3 Å². The number of hydrogen-bond donors (Lipinski definition) is 0. The van der Waals surface area contributed by atoms with Crippen molar-refractivity contribution in [1.82, 2.24) is 9.88 Å². The molecule has 108 valence electrons. The molecule has 1 amide bonds. The topological polar surface area (TPSA) is 42.4 Å². The molecule has 0 aliphatic heterocycles. The van der Waals surface area contributed by atoms with Gasteiger partial charge in [-0.05, 0) is 42.7 Å². The van der Waals surface area contributed by atoms with E-state index in [2.05, 4.69) is 4.98 Å². The van der Waals surface area contributed by atoms with E-state index >= 15 is 0 Å². The summed E-state index contributed by atoms with van der Waals surface area (Å²) < 4.78 is 5.16. The minimum Gasteiger partial charge on any atom is -0.497 e. The second-order valence-corrected chi connectivity index (χ2v) is 5.23. The van der Waals surface area contributed by atoms with Gasteiger partial charge < -0.3 is 9.64 Å². The van der Waals surface area contributed by atoms with Crippen LogP contribution in [0.1, 0.15) is 28.9 Å². The summed E-state index contributed by atoms with van der Waals surface area (Å²) in [5, 5.41) is 0. The lowest BCUT2D eigenvalue weighted by atomic mass is 10.2. The van der Waals surface area contributed by atoms with Gasteiger partial charge in [0.2, 0.25) is 0 Å². The zero-order chi connectivity index (χ0) is 14.7. The van der Waals surface area contributed by atoms with E-state index in [1.807, 2.05) is 41.3 Å². The smallest absolute Gasteiger partial charge is 0.272 e. The number of carbonyl (C=O) groups is 1. The molecular weight excluding hydrogens is 264 g/mol. The number of pyridine rings is 1. The van der Waals surface area contributed by atoms with Crippen LogP contribution in [0.4, 0.5) is 0 Å². The number of hydrogen-bond acceptors (Lipinski definition) is 3. The van der Waals surface area contributed by atoms with Crippen molar-refractivity contribution in [3.05, 3.63) is 59.9 Å². The van der Waals surface area contributed by atoms with E-state index < -0.39 is 0 Å². The number of carbonyl (C=O) groups excluding carboxylic acids is 1. The fourth-order valence-corrected chi connectivity index (χ4v) is 2.32. The molecule has 0 radical (unpaired) electrons. The maximum atomic E-state index is 12.6. The SMILES string of the molecule is COc1ccc(CN(C(=O)c2ccccn2)C2CC2)cc1. The Labute approximate surface area is 124 Å². The predicted octanol–water partition coefficient (Wildman–Crippen LogP) is 2.90. The van der Waals surface area contributed by atoms with Crippen LogP contribution in [-0.2, 0) is 6.54 Å². The number of methoxy groups -OCH3 is 1. The van der Waals surface area contributed by atoms with Crippen LogP contribution in [0.2, 0.25) is 0 Å². The average Bonchev–Trinajstić information content (AvgIpc) is 3.38. The van der Waals surface area contributed by atoms with Gasteiger partial charge in [-0.3, -0.25) is 9.78 Å². The van der Waals surface area contributed by atoms with Crippen molar-refractivity contribution in [3.8, 4) is 5.75 Å². The average molecular weight is 282 g/mol. The third-order valence-corrected chi connectivity index (χ3v) is 3.64. The summed E-state index contributed by atoms with van der Waals surface area (Å²) in [5.41, 5.74) is 1.62. The van der Waals surface area contributed by atoms with Crippen molar-refractivity contribution in [1.29, 1.82) is 0 Å². The molecule has 4 heteroatoms. The summed E-state index contributed by atoms with van der Waals surface area (Å²) in [5.74, 6) is 0.835. The molecule has 0 N–H and O–H groups in total. The van der Waals surface area contributed by atoms with Gasteiger partial charge in [0.15, 0.2) is 0 Å². The zero-order valence-corrected chi connectivity index (χ0v) is 12.0. The molecule has 0 unspecified atom stereocenters. The fraction of sp³-hybridized carbons (Fsp3) is 0.294. The first-order chi connectivity index (χ1) is 10.3. The second-order valence-electron chi connectivity index (χ2n) is 5.23. The van der Waals surface area contributed by atoms with Crippen LogP contribution in [0.15, 0.2) is 48.7 Å². The molecule has 0 bridgehead atoms. The molecule has 1 heterocycles. The van der Waals surface area contributed by atoms with Gasteiger partial charge in [-0.15, -0.1) is 0 Å². The third kappa shape index (κ3) is 3.21. The van der Waals surface area contributed by atoms with Crippen LogP contribution in [0.3, 0.4) is 0 Å². The Kier molecular flexibility index (Phi) is 3.86. The first kappa shape index (κ1) is 13.6. The van der Waals surface area contributed by atoms with Crippen molar-refractivity contribution in [2.24, 2.45) is 0 Å². The van der Waals surface area contributed by atoms with Crippen molar-refractivity contribution < 1.29 is 9.53 Å². The number of benzene rings is 1. The van der Waals surface area contributed by atoms with E-state index in [9.17, 15) is 4.79 Å². The Balaban J connectivity index is 1.77. The third-order valence-electron chi connectivity index (χ3n) is 3.64. The van der Waals surface area contributed by atoms with E-state index in [4.69, 9.17) is 4.74 Å². The molecule has 1 aliphatic rings. The Morgan fingerprint density at radius 1 is 1.24 bits per heavy atom. The summed E-state index contributed by atoms with van der Waals surface area (Å²) in [6.45, 7) is 0.615. The van der Waals surface area contributed by atoms with E-state index in [0.717, 1.165) is 24.2 Å². The van der Waals surface area contributed by atoms with Gasteiger partial charge in [0.1, 0.15) is 11.4 Å². The van der Waals surface area contributed by atoms with Crippen LogP contribution in [-0.4, -0.2) is 28.9 Å². The molecule has 2 aromatic rings. The van der Waals surface area contributed by atoms with Crippen LogP contribution < -0.4 is 4.74 Å². The molecule has 1 aromatic carbocycles. The van der Waals surface area contributed by atoms with E-state index in [-0.39, 0.29) is 5.91 Å². The lowest BCUT2D eigenvalue weighted by Gasteiger charge is -2.22. The quantitative estimate of drug-likeness (QED) is 0.847. The Morgan fingerprint density at radius 3 is 2.57 bits per heavy atom. The van der Waals surface area contributed by atoms with Crippen LogP contribution in [0.5, 0.6) is 5.75 Å². The monoisotopic (exact) mass is 282 g/mol. The highest BCUT2D eigenvalue weighted by Gasteiger charge is 2.33. The summed E-state index contributed by atoms with van der Waals surface area (Å²) in [6, 6.07) is 13.6. The Hall–Kier alpha value is -2.36. The minimum absolute atomic E-state index is 0.00826.